The van der Waals surface area contributed by atoms with Crippen LogP contribution in [0.15, 0.2) is 41.3 Å². The molecule has 3 rings (SSSR count). The van der Waals surface area contributed by atoms with Crippen LogP contribution in [0.5, 0.6) is 0 Å². The number of hydrogen-bond acceptors (Lipinski definition) is 4. The Balaban J connectivity index is 2.29. The van der Waals surface area contributed by atoms with Crippen molar-refractivity contribution in [2.45, 2.75) is 18.0 Å². The van der Waals surface area contributed by atoms with Gasteiger partial charge in [-0.3, -0.25) is 0 Å². The van der Waals surface area contributed by atoms with Gasteiger partial charge in [-0.15, -0.1) is 0 Å². The maximum Gasteiger partial charge on any atom is 0.435 e. The quantitative estimate of drug-likeness (QED) is 0.564. The molecular weight excluding hydrogens is 429 g/mol. The van der Waals surface area contributed by atoms with Crippen LogP contribution in [-0.4, -0.2) is 24.5 Å². The molecule has 0 aliphatic rings. The normalized spacial score (nSPS) is 12.1. The van der Waals surface area contributed by atoms with Crippen LogP contribution >= 0.6 is 0 Å². The number of halogens is 5. The Labute approximate surface area is 167 Å². The molecule has 0 unspecified atom stereocenters. The average Bonchev–Trinajstić information content (AvgIpc) is 3.05. The molecular formula is C19H12F5N3O2S. The average molecular weight is 441 g/mol. The number of aromatic nitrogens is 2. The second-order valence-corrected chi connectivity index (χ2v) is 8.43. The number of aryl methyl sites for hydroxylation is 1. The van der Waals surface area contributed by atoms with Gasteiger partial charge >= 0.3 is 6.18 Å². The van der Waals surface area contributed by atoms with Gasteiger partial charge in [0.25, 0.3) is 0 Å². The Morgan fingerprint density at radius 3 is 2.13 bits per heavy atom. The van der Waals surface area contributed by atoms with E-state index in [9.17, 15) is 30.4 Å². The van der Waals surface area contributed by atoms with Crippen LogP contribution in [-0.2, 0) is 16.0 Å². The van der Waals surface area contributed by atoms with Crippen molar-refractivity contribution in [3.63, 3.8) is 0 Å². The van der Waals surface area contributed by atoms with Crippen molar-refractivity contribution in [2.75, 3.05) is 6.26 Å². The van der Waals surface area contributed by atoms with E-state index in [-0.39, 0.29) is 11.3 Å². The van der Waals surface area contributed by atoms with Gasteiger partial charge in [-0.2, -0.15) is 23.5 Å². The van der Waals surface area contributed by atoms with E-state index >= 15 is 0 Å². The van der Waals surface area contributed by atoms with Gasteiger partial charge in [0.2, 0.25) is 0 Å². The maximum atomic E-state index is 14.3. The third-order valence-electron chi connectivity index (χ3n) is 4.24. The molecule has 1 heterocycles. The lowest BCUT2D eigenvalue weighted by atomic mass is 10.0. The van der Waals surface area contributed by atoms with Gasteiger partial charge in [-0.1, -0.05) is 6.07 Å². The molecule has 11 heteroatoms. The second kappa shape index (κ2) is 7.21. The van der Waals surface area contributed by atoms with Crippen molar-refractivity contribution in [3.8, 4) is 23.0 Å². The van der Waals surface area contributed by atoms with E-state index in [1.165, 1.54) is 18.2 Å². The van der Waals surface area contributed by atoms with Gasteiger partial charge in [0.15, 0.2) is 15.5 Å². The fraction of sp³-hybridized carbons (Fsp3) is 0.158. The Morgan fingerprint density at radius 1 is 1.07 bits per heavy atom. The summed E-state index contributed by atoms with van der Waals surface area (Å²) in [6.07, 6.45) is -4.24. The fourth-order valence-corrected chi connectivity index (χ4v) is 3.72. The lowest BCUT2D eigenvalue weighted by molar-refractivity contribution is -0.141. The lowest BCUT2D eigenvalue weighted by Crippen LogP contribution is -2.10. The van der Waals surface area contributed by atoms with E-state index in [0.717, 1.165) is 0 Å². The van der Waals surface area contributed by atoms with E-state index in [0.29, 0.717) is 40.3 Å². The minimum Gasteiger partial charge on any atom is -0.232 e. The SMILES string of the molecule is Cc1cc(-c2cc(C(F)(F)F)nn2-c2cc(F)c(S(C)(=O)=O)c(F)c2)ccc1C#N. The van der Waals surface area contributed by atoms with Gasteiger partial charge in [0.1, 0.15) is 16.5 Å². The number of benzene rings is 2. The van der Waals surface area contributed by atoms with Crippen molar-refractivity contribution in [2.24, 2.45) is 0 Å². The van der Waals surface area contributed by atoms with Crippen molar-refractivity contribution in [3.05, 3.63) is 64.9 Å². The molecule has 3 aromatic rings. The summed E-state index contributed by atoms with van der Waals surface area (Å²) in [7, 11) is -4.25. The highest BCUT2D eigenvalue weighted by Crippen LogP contribution is 2.34. The Kier molecular flexibility index (Phi) is 5.16. The molecule has 0 aliphatic heterocycles. The monoisotopic (exact) mass is 441 g/mol. The van der Waals surface area contributed by atoms with Crippen LogP contribution in [0.4, 0.5) is 22.0 Å². The number of rotatable bonds is 3. The number of alkyl halides is 3. The Hall–Kier alpha value is -3.26. The molecule has 1 aromatic heterocycles. The predicted octanol–water partition coefficient (Wildman–Crippen LogP) is 4.42. The summed E-state index contributed by atoms with van der Waals surface area (Å²) in [6, 6.07) is 8.00. The van der Waals surface area contributed by atoms with Gasteiger partial charge in [-0.25, -0.2) is 21.9 Å². The fourth-order valence-electron chi connectivity index (χ4n) is 2.89. The standard InChI is InChI=1S/C19H12F5N3O2S/c1-10-5-11(3-4-12(10)9-25)16-8-17(19(22,23)24)26-27(16)13-6-14(20)18(15(21)7-13)30(2,28)29/h3-8H,1-2H3. The first-order chi connectivity index (χ1) is 13.8. The minimum absolute atomic E-state index is 0.152. The highest BCUT2D eigenvalue weighted by atomic mass is 32.2. The van der Waals surface area contributed by atoms with Gasteiger partial charge in [0.05, 0.1) is 23.0 Å². The van der Waals surface area contributed by atoms with Crippen molar-refractivity contribution < 1.29 is 30.4 Å². The third-order valence-corrected chi connectivity index (χ3v) is 5.37. The van der Waals surface area contributed by atoms with E-state index < -0.39 is 43.9 Å². The molecule has 0 atom stereocenters. The molecule has 0 radical (unpaired) electrons. The largest absolute Gasteiger partial charge is 0.435 e. The zero-order valence-electron chi connectivity index (χ0n) is 15.4. The molecule has 0 spiro atoms. The first-order valence-corrected chi connectivity index (χ1v) is 10.1. The summed E-state index contributed by atoms with van der Waals surface area (Å²) in [5, 5.41) is 12.4. The molecule has 0 amide bonds. The second-order valence-electron chi connectivity index (χ2n) is 6.48. The molecule has 5 nitrogen and oxygen atoms in total. The molecule has 0 bridgehead atoms. The Bertz CT molecular complexity index is 1280. The summed E-state index contributed by atoms with van der Waals surface area (Å²) in [5.41, 5.74) is -0.919. The number of hydrogen-bond donors (Lipinski definition) is 0. The zero-order valence-corrected chi connectivity index (χ0v) is 16.2. The number of sulfone groups is 1. The molecule has 0 aliphatic carbocycles. The van der Waals surface area contributed by atoms with E-state index in [1.54, 1.807) is 6.92 Å². The van der Waals surface area contributed by atoms with Crippen molar-refractivity contribution in [1.82, 2.24) is 9.78 Å². The smallest absolute Gasteiger partial charge is 0.232 e. The van der Waals surface area contributed by atoms with Crippen LogP contribution in [0.3, 0.4) is 0 Å². The molecule has 0 saturated heterocycles. The van der Waals surface area contributed by atoms with Crippen LogP contribution in [0.25, 0.3) is 16.9 Å². The van der Waals surface area contributed by atoms with Gasteiger partial charge in [-0.05, 0) is 30.7 Å². The van der Waals surface area contributed by atoms with E-state index in [4.69, 9.17) is 5.26 Å². The topological polar surface area (TPSA) is 75.8 Å². The van der Waals surface area contributed by atoms with Crippen LogP contribution in [0.2, 0.25) is 0 Å². The van der Waals surface area contributed by atoms with Crippen molar-refractivity contribution >= 4 is 9.84 Å². The molecule has 2 aromatic carbocycles. The Morgan fingerprint density at radius 2 is 1.67 bits per heavy atom. The molecule has 30 heavy (non-hydrogen) atoms. The summed E-state index contributed by atoms with van der Waals surface area (Å²) in [4.78, 5) is -1.19. The summed E-state index contributed by atoms with van der Waals surface area (Å²) in [5.74, 6) is -2.92. The first kappa shape index (κ1) is 21.4. The third kappa shape index (κ3) is 3.91. The molecule has 0 N–H and O–H groups in total. The number of nitrogens with zero attached hydrogens (tertiary/aromatic N) is 3. The number of nitriles is 1. The maximum absolute atomic E-state index is 14.3. The highest BCUT2D eigenvalue weighted by Gasteiger charge is 2.35. The summed E-state index contributed by atoms with van der Waals surface area (Å²) < 4.78 is 92.2. The summed E-state index contributed by atoms with van der Waals surface area (Å²) >= 11 is 0. The van der Waals surface area contributed by atoms with E-state index in [2.05, 4.69) is 5.10 Å². The zero-order chi connectivity index (χ0) is 22.4. The molecule has 156 valence electrons. The minimum atomic E-state index is -4.84. The van der Waals surface area contributed by atoms with Crippen molar-refractivity contribution in [1.29, 1.82) is 5.26 Å². The summed E-state index contributed by atoms with van der Waals surface area (Å²) in [6.45, 7) is 1.58. The molecule has 0 saturated carbocycles. The highest BCUT2D eigenvalue weighted by molar-refractivity contribution is 7.90. The van der Waals surface area contributed by atoms with E-state index in [1.807, 2.05) is 6.07 Å². The van der Waals surface area contributed by atoms with Gasteiger partial charge in [0, 0.05) is 24.0 Å². The van der Waals surface area contributed by atoms with Gasteiger partial charge < -0.3 is 0 Å². The predicted molar refractivity (Wildman–Crippen MR) is 96.5 cm³/mol. The van der Waals surface area contributed by atoms with Crippen LogP contribution < -0.4 is 0 Å². The molecule has 0 fully saturated rings. The van der Waals surface area contributed by atoms with Crippen LogP contribution in [0, 0.1) is 29.9 Å². The first-order valence-electron chi connectivity index (χ1n) is 8.21. The lowest BCUT2D eigenvalue weighted by Gasteiger charge is -2.11. The van der Waals surface area contributed by atoms with Crippen LogP contribution in [0.1, 0.15) is 16.8 Å².